The minimum absolute atomic E-state index is 0.363. The van der Waals surface area contributed by atoms with Crippen LogP contribution >= 0.6 is 15.9 Å². The molecule has 0 aliphatic carbocycles. The van der Waals surface area contributed by atoms with Crippen LogP contribution in [-0.2, 0) is 0 Å². The van der Waals surface area contributed by atoms with E-state index in [9.17, 15) is 5.11 Å². The number of furan rings is 1. The Hall–Kier alpha value is -1.33. The molecular formula is C11H11BrN2O2. The van der Waals surface area contributed by atoms with Crippen molar-refractivity contribution in [3.63, 3.8) is 0 Å². The predicted molar refractivity (Wildman–Crippen MR) is 64.1 cm³/mol. The largest absolute Gasteiger partial charge is 0.467 e. The Kier molecular flexibility index (Phi) is 3.58. The molecule has 5 heteroatoms. The minimum Gasteiger partial charge on any atom is -0.467 e. The van der Waals surface area contributed by atoms with Crippen molar-refractivity contribution in [3.8, 4) is 0 Å². The molecule has 2 aromatic rings. The van der Waals surface area contributed by atoms with Crippen molar-refractivity contribution in [2.24, 2.45) is 0 Å². The van der Waals surface area contributed by atoms with Gasteiger partial charge in [-0.05, 0) is 40.2 Å². The summed E-state index contributed by atoms with van der Waals surface area (Å²) in [7, 11) is 0. The monoisotopic (exact) mass is 282 g/mol. The van der Waals surface area contributed by atoms with Gasteiger partial charge < -0.3 is 14.8 Å². The van der Waals surface area contributed by atoms with E-state index < -0.39 is 6.10 Å². The average Bonchev–Trinajstić information content (AvgIpc) is 2.81. The number of rotatable bonds is 4. The maximum atomic E-state index is 9.73. The summed E-state index contributed by atoms with van der Waals surface area (Å²) in [5, 5.41) is 12.7. The van der Waals surface area contributed by atoms with Gasteiger partial charge in [0, 0.05) is 17.2 Å². The van der Waals surface area contributed by atoms with E-state index in [1.807, 2.05) is 12.1 Å². The van der Waals surface area contributed by atoms with Crippen LogP contribution in [0.2, 0.25) is 0 Å². The van der Waals surface area contributed by atoms with Crippen LogP contribution in [0.1, 0.15) is 11.9 Å². The third-order valence-corrected chi connectivity index (χ3v) is 2.54. The summed E-state index contributed by atoms with van der Waals surface area (Å²) in [6.45, 7) is 0.363. The third kappa shape index (κ3) is 2.84. The molecule has 0 amide bonds. The molecular weight excluding hydrogens is 272 g/mol. The number of nitrogens with zero attached hydrogens (tertiary/aromatic N) is 1. The van der Waals surface area contributed by atoms with Gasteiger partial charge in [-0.3, -0.25) is 0 Å². The summed E-state index contributed by atoms with van der Waals surface area (Å²) in [5.41, 5.74) is 0. The van der Waals surface area contributed by atoms with Crippen LogP contribution in [0.25, 0.3) is 0 Å². The van der Waals surface area contributed by atoms with Crippen molar-refractivity contribution in [1.82, 2.24) is 4.98 Å². The molecule has 2 N–H and O–H groups in total. The van der Waals surface area contributed by atoms with E-state index >= 15 is 0 Å². The summed E-state index contributed by atoms with van der Waals surface area (Å²) >= 11 is 3.30. The van der Waals surface area contributed by atoms with Gasteiger partial charge in [0.1, 0.15) is 17.7 Å². The normalized spacial score (nSPS) is 12.4. The molecule has 2 aromatic heterocycles. The Morgan fingerprint density at radius 2 is 2.31 bits per heavy atom. The molecule has 0 aromatic carbocycles. The lowest BCUT2D eigenvalue weighted by Gasteiger charge is -2.09. The first-order chi connectivity index (χ1) is 7.75. The second kappa shape index (κ2) is 5.14. The van der Waals surface area contributed by atoms with Gasteiger partial charge in [-0.15, -0.1) is 0 Å². The molecule has 84 valence electrons. The van der Waals surface area contributed by atoms with Gasteiger partial charge in [0.2, 0.25) is 0 Å². The van der Waals surface area contributed by atoms with Crippen molar-refractivity contribution in [3.05, 3.63) is 47.0 Å². The molecule has 4 nitrogen and oxygen atoms in total. The quantitative estimate of drug-likeness (QED) is 0.905. The number of nitrogens with one attached hydrogen (secondary N) is 1. The Balaban J connectivity index is 1.90. The maximum Gasteiger partial charge on any atom is 0.134 e. The zero-order chi connectivity index (χ0) is 11.4. The lowest BCUT2D eigenvalue weighted by Crippen LogP contribution is -2.12. The number of hydrogen-bond donors (Lipinski definition) is 2. The second-order valence-corrected chi connectivity index (χ2v) is 4.19. The van der Waals surface area contributed by atoms with Crippen molar-refractivity contribution < 1.29 is 9.52 Å². The maximum absolute atomic E-state index is 9.73. The molecule has 0 fully saturated rings. The van der Waals surface area contributed by atoms with Crippen LogP contribution < -0.4 is 5.32 Å². The highest BCUT2D eigenvalue weighted by molar-refractivity contribution is 9.10. The Morgan fingerprint density at radius 1 is 1.44 bits per heavy atom. The first-order valence-corrected chi connectivity index (χ1v) is 5.62. The highest BCUT2D eigenvalue weighted by Crippen LogP contribution is 2.15. The van der Waals surface area contributed by atoms with E-state index in [1.54, 1.807) is 18.3 Å². The lowest BCUT2D eigenvalue weighted by molar-refractivity contribution is 0.162. The molecule has 0 saturated carbocycles. The molecule has 0 saturated heterocycles. The number of halogens is 1. The van der Waals surface area contributed by atoms with Crippen LogP contribution in [0.4, 0.5) is 5.82 Å². The topological polar surface area (TPSA) is 58.3 Å². The molecule has 0 aliphatic heterocycles. The van der Waals surface area contributed by atoms with Crippen molar-refractivity contribution in [1.29, 1.82) is 0 Å². The molecule has 16 heavy (non-hydrogen) atoms. The van der Waals surface area contributed by atoms with Gasteiger partial charge in [-0.1, -0.05) is 0 Å². The van der Waals surface area contributed by atoms with Gasteiger partial charge in [-0.2, -0.15) is 0 Å². The smallest absolute Gasteiger partial charge is 0.134 e. The fraction of sp³-hybridized carbons (Fsp3) is 0.182. The van der Waals surface area contributed by atoms with Crippen LogP contribution in [0, 0.1) is 0 Å². The van der Waals surface area contributed by atoms with Gasteiger partial charge in [0.25, 0.3) is 0 Å². The van der Waals surface area contributed by atoms with Crippen LogP contribution in [0.3, 0.4) is 0 Å². The number of hydrogen-bond acceptors (Lipinski definition) is 4. The number of aliphatic hydroxyl groups is 1. The van der Waals surface area contributed by atoms with E-state index in [-0.39, 0.29) is 0 Å². The molecule has 2 heterocycles. The first kappa shape index (κ1) is 11.2. The summed E-state index contributed by atoms with van der Waals surface area (Å²) in [5.74, 6) is 1.26. The Labute approximate surface area is 101 Å². The predicted octanol–water partition coefficient (Wildman–Crippen LogP) is 2.58. The summed E-state index contributed by atoms with van der Waals surface area (Å²) in [6.07, 6.45) is 2.57. The van der Waals surface area contributed by atoms with Crippen molar-refractivity contribution in [2.75, 3.05) is 11.9 Å². The Bertz CT molecular complexity index is 428. The minimum atomic E-state index is -0.666. The van der Waals surface area contributed by atoms with Gasteiger partial charge in [-0.25, -0.2) is 4.98 Å². The lowest BCUT2D eigenvalue weighted by atomic mass is 10.3. The first-order valence-electron chi connectivity index (χ1n) is 4.82. The van der Waals surface area contributed by atoms with Crippen molar-refractivity contribution in [2.45, 2.75) is 6.10 Å². The van der Waals surface area contributed by atoms with E-state index in [2.05, 4.69) is 26.2 Å². The molecule has 2 rings (SSSR count). The zero-order valence-electron chi connectivity index (χ0n) is 8.43. The van der Waals surface area contributed by atoms with E-state index in [1.165, 1.54) is 6.26 Å². The number of pyridine rings is 1. The van der Waals surface area contributed by atoms with Crippen LogP contribution in [-0.4, -0.2) is 16.6 Å². The van der Waals surface area contributed by atoms with Gasteiger partial charge in [0.05, 0.1) is 6.26 Å². The van der Waals surface area contributed by atoms with E-state index in [0.29, 0.717) is 18.1 Å². The van der Waals surface area contributed by atoms with Crippen molar-refractivity contribution >= 4 is 21.7 Å². The molecule has 0 spiro atoms. The molecule has 1 unspecified atom stereocenters. The van der Waals surface area contributed by atoms with Crippen LogP contribution in [0.15, 0.2) is 45.6 Å². The number of anilines is 1. The standard InChI is InChI=1S/C11H11BrN2O2/c12-8-3-4-11(13-6-8)14-7-9(15)10-2-1-5-16-10/h1-6,9,15H,7H2,(H,13,14). The Morgan fingerprint density at radius 3 is 2.94 bits per heavy atom. The summed E-state index contributed by atoms with van der Waals surface area (Å²) in [6, 6.07) is 7.20. The zero-order valence-corrected chi connectivity index (χ0v) is 10.0. The summed E-state index contributed by atoms with van der Waals surface area (Å²) < 4.78 is 6.01. The molecule has 0 bridgehead atoms. The van der Waals surface area contributed by atoms with Gasteiger partial charge >= 0.3 is 0 Å². The summed E-state index contributed by atoms with van der Waals surface area (Å²) in [4.78, 5) is 4.13. The number of aromatic nitrogens is 1. The number of aliphatic hydroxyl groups excluding tert-OH is 1. The average molecular weight is 283 g/mol. The fourth-order valence-corrected chi connectivity index (χ4v) is 1.50. The van der Waals surface area contributed by atoms with Crippen LogP contribution in [0.5, 0.6) is 0 Å². The second-order valence-electron chi connectivity index (χ2n) is 3.27. The van der Waals surface area contributed by atoms with E-state index in [4.69, 9.17) is 4.42 Å². The highest BCUT2D eigenvalue weighted by Gasteiger charge is 2.09. The van der Waals surface area contributed by atoms with Gasteiger partial charge in [0.15, 0.2) is 0 Å². The molecule has 0 radical (unpaired) electrons. The fourth-order valence-electron chi connectivity index (χ4n) is 1.26. The molecule has 1 atom stereocenters. The third-order valence-electron chi connectivity index (χ3n) is 2.08. The highest BCUT2D eigenvalue weighted by atomic mass is 79.9. The van der Waals surface area contributed by atoms with E-state index in [0.717, 1.165) is 4.47 Å². The molecule has 0 aliphatic rings. The SMILES string of the molecule is OC(CNc1ccc(Br)cn1)c1ccco1.